The van der Waals surface area contributed by atoms with Crippen molar-refractivity contribution in [2.75, 3.05) is 19.0 Å². The molecule has 0 amide bonds. The number of nitrogens with one attached hydrogen (secondary N) is 1. The van der Waals surface area contributed by atoms with Crippen LogP contribution < -0.4 is 4.90 Å². The Balaban J connectivity index is 1.83. The third-order valence-corrected chi connectivity index (χ3v) is 3.98. The largest absolute Gasteiger partial charge is 0.378 e. The van der Waals surface area contributed by atoms with Crippen molar-refractivity contribution >= 4 is 51.5 Å². The number of halogens is 1. The molecule has 0 bridgehead atoms. The summed E-state index contributed by atoms with van der Waals surface area (Å²) in [5.41, 5.74) is 4.43. The molecule has 0 aliphatic heterocycles. The van der Waals surface area contributed by atoms with E-state index in [0.717, 1.165) is 22.4 Å². The number of anilines is 1. The van der Waals surface area contributed by atoms with Crippen LogP contribution in [0.5, 0.6) is 0 Å². The van der Waals surface area contributed by atoms with Crippen LogP contribution in [0.3, 0.4) is 0 Å². The van der Waals surface area contributed by atoms with Crippen LogP contribution >= 0.6 is 22.6 Å². The summed E-state index contributed by atoms with van der Waals surface area (Å²) in [6.45, 7) is 0. The molecule has 3 aromatic rings. The van der Waals surface area contributed by atoms with E-state index < -0.39 is 0 Å². The Bertz CT molecular complexity index is 785. The zero-order chi connectivity index (χ0) is 14.8. The van der Waals surface area contributed by atoms with E-state index in [2.05, 4.69) is 79.9 Å². The highest BCUT2D eigenvalue weighted by Crippen LogP contribution is 2.17. The first kappa shape index (κ1) is 14.1. The van der Waals surface area contributed by atoms with Crippen LogP contribution in [0.1, 0.15) is 11.4 Å². The number of fused-ring (bicyclic) bond motifs is 1. The van der Waals surface area contributed by atoms with Crippen molar-refractivity contribution in [3.8, 4) is 0 Å². The summed E-state index contributed by atoms with van der Waals surface area (Å²) < 4.78 is 1.21. The van der Waals surface area contributed by atoms with Gasteiger partial charge in [0.2, 0.25) is 0 Å². The van der Waals surface area contributed by atoms with Crippen LogP contribution in [0.4, 0.5) is 5.69 Å². The molecule has 3 nitrogen and oxygen atoms in total. The molecule has 1 N–H and O–H groups in total. The smallest absolute Gasteiger partial charge is 0.131 e. The maximum absolute atomic E-state index is 4.56. The summed E-state index contributed by atoms with van der Waals surface area (Å²) in [4.78, 5) is 9.98. The molecule has 1 aromatic heterocycles. The summed E-state index contributed by atoms with van der Waals surface area (Å²) in [6, 6.07) is 14.6. The van der Waals surface area contributed by atoms with Crippen LogP contribution in [0.25, 0.3) is 23.2 Å². The second-order valence-corrected chi connectivity index (χ2v) is 6.35. The van der Waals surface area contributed by atoms with Gasteiger partial charge in [0, 0.05) is 23.4 Å². The first-order valence-electron chi connectivity index (χ1n) is 6.72. The molecule has 0 radical (unpaired) electrons. The molecule has 0 saturated heterocycles. The van der Waals surface area contributed by atoms with Gasteiger partial charge in [-0.15, -0.1) is 0 Å². The Kier molecular flexibility index (Phi) is 3.96. The third kappa shape index (κ3) is 3.26. The minimum absolute atomic E-state index is 0.878. The average Bonchev–Trinajstić information content (AvgIpc) is 2.87. The van der Waals surface area contributed by atoms with Gasteiger partial charge in [0.25, 0.3) is 0 Å². The predicted octanol–water partition coefficient (Wildman–Crippen LogP) is 4.40. The minimum Gasteiger partial charge on any atom is -0.378 e. The number of H-pyrrole nitrogens is 1. The van der Waals surface area contributed by atoms with E-state index >= 15 is 0 Å². The summed E-state index contributed by atoms with van der Waals surface area (Å²) in [6.07, 6.45) is 4.08. The molecule has 0 aliphatic carbocycles. The Morgan fingerprint density at radius 3 is 2.52 bits per heavy atom. The minimum atomic E-state index is 0.878. The lowest BCUT2D eigenvalue weighted by Crippen LogP contribution is -2.07. The van der Waals surface area contributed by atoms with E-state index in [1.165, 1.54) is 9.26 Å². The fourth-order valence-corrected chi connectivity index (χ4v) is 2.63. The fraction of sp³-hybridized carbons (Fsp3) is 0.118. The van der Waals surface area contributed by atoms with Gasteiger partial charge in [0.15, 0.2) is 0 Å². The molecule has 0 spiro atoms. The normalized spacial score (nSPS) is 11.4. The molecule has 0 atom stereocenters. The van der Waals surface area contributed by atoms with Gasteiger partial charge in [-0.1, -0.05) is 18.2 Å². The highest BCUT2D eigenvalue weighted by molar-refractivity contribution is 14.1. The monoisotopic (exact) mass is 387 g/mol. The summed E-state index contributed by atoms with van der Waals surface area (Å²) in [5.74, 6) is 0.878. The number of rotatable bonds is 3. The van der Waals surface area contributed by atoms with E-state index in [0.29, 0.717) is 0 Å². The van der Waals surface area contributed by atoms with Crippen molar-refractivity contribution < 1.29 is 0 Å². The molecule has 1 heterocycles. The number of imidazole rings is 1. The molecule has 0 aliphatic rings. The fourth-order valence-electron chi connectivity index (χ4n) is 2.14. The second-order valence-electron chi connectivity index (χ2n) is 5.10. The number of hydrogen-bond donors (Lipinski definition) is 1. The average molecular weight is 387 g/mol. The van der Waals surface area contributed by atoms with Crippen molar-refractivity contribution in [1.82, 2.24) is 9.97 Å². The number of nitrogens with zero attached hydrogens (tertiary/aromatic N) is 2. The Morgan fingerprint density at radius 2 is 1.81 bits per heavy atom. The second kappa shape index (κ2) is 5.89. The van der Waals surface area contributed by atoms with Crippen LogP contribution in [-0.4, -0.2) is 24.1 Å². The summed E-state index contributed by atoms with van der Waals surface area (Å²) in [5, 5.41) is 0. The van der Waals surface area contributed by atoms with Crippen molar-refractivity contribution in [2.45, 2.75) is 0 Å². The van der Waals surface area contributed by atoms with Gasteiger partial charge in [-0.05, 0) is 64.6 Å². The number of benzene rings is 2. The van der Waals surface area contributed by atoms with Gasteiger partial charge < -0.3 is 9.88 Å². The lowest BCUT2D eigenvalue weighted by atomic mass is 10.2. The molecular formula is C17H16IN3. The van der Waals surface area contributed by atoms with E-state index in [4.69, 9.17) is 0 Å². The molecule has 3 rings (SSSR count). The van der Waals surface area contributed by atoms with Crippen molar-refractivity contribution in [3.63, 3.8) is 0 Å². The Morgan fingerprint density at radius 1 is 1.05 bits per heavy atom. The van der Waals surface area contributed by atoms with Gasteiger partial charge in [-0.2, -0.15) is 0 Å². The van der Waals surface area contributed by atoms with Gasteiger partial charge in [0.05, 0.1) is 11.0 Å². The van der Waals surface area contributed by atoms with E-state index in [9.17, 15) is 0 Å². The molecule has 0 saturated carbocycles. The summed E-state index contributed by atoms with van der Waals surface area (Å²) >= 11 is 2.31. The maximum Gasteiger partial charge on any atom is 0.131 e. The Labute approximate surface area is 137 Å². The van der Waals surface area contributed by atoms with Crippen LogP contribution in [0, 0.1) is 3.57 Å². The zero-order valence-electron chi connectivity index (χ0n) is 12.0. The zero-order valence-corrected chi connectivity index (χ0v) is 14.1. The summed E-state index contributed by atoms with van der Waals surface area (Å²) in [7, 11) is 4.08. The maximum atomic E-state index is 4.56. The number of aromatic nitrogens is 2. The molecular weight excluding hydrogens is 371 g/mol. The van der Waals surface area contributed by atoms with E-state index in [1.807, 2.05) is 26.2 Å². The molecule has 4 heteroatoms. The number of aromatic amines is 1. The van der Waals surface area contributed by atoms with Crippen LogP contribution in [-0.2, 0) is 0 Å². The Hall–Kier alpha value is -1.82. The SMILES string of the molecule is CN(C)c1ccc(/C=C/c2nc3ccc([125I])cc3[nH]2)cc1. The highest BCUT2D eigenvalue weighted by atomic mass is 125. The van der Waals surface area contributed by atoms with Gasteiger partial charge in [-0.25, -0.2) is 4.98 Å². The van der Waals surface area contributed by atoms with Gasteiger partial charge in [0.1, 0.15) is 5.82 Å². The van der Waals surface area contributed by atoms with E-state index in [-0.39, 0.29) is 0 Å². The molecule has 106 valence electrons. The predicted molar refractivity (Wildman–Crippen MR) is 98.5 cm³/mol. The number of hydrogen-bond acceptors (Lipinski definition) is 2. The van der Waals surface area contributed by atoms with Crippen molar-refractivity contribution in [3.05, 3.63) is 57.4 Å². The topological polar surface area (TPSA) is 31.9 Å². The lowest BCUT2D eigenvalue weighted by Gasteiger charge is -2.11. The standard InChI is InChI=1S/C17H16IN3/c1-21(2)14-7-3-12(4-8-14)5-10-17-19-15-9-6-13(18)11-16(15)20-17/h3-11H,1-2H3,(H,19,20)/b10-5+/i18-2. The molecule has 2 aromatic carbocycles. The van der Waals surface area contributed by atoms with Crippen molar-refractivity contribution in [1.29, 1.82) is 0 Å². The van der Waals surface area contributed by atoms with Crippen LogP contribution in [0.15, 0.2) is 42.5 Å². The molecule has 21 heavy (non-hydrogen) atoms. The molecule has 0 unspecified atom stereocenters. The van der Waals surface area contributed by atoms with Gasteiger partial charge >= 0.3 is 0 Å². The third-order valence-electron chi connectivity index (χ3n) is 3.31. The van der Waals surface area contributed by atoms with E-state index in [1.54, 1.807) is 0 Å². The quantitative estimate of drug-likeness (QED) is 0.676. The first-order chi connectivity index (χ1) is 10.1. The lowest BCUT2D eigenvalue weighted by molar-refractivity contribution is 1.13. The van der Waals surface area contributed by atoms with Crippen molar-refractivity contribution in [2.24, 2.45) is 0 Å². The van der Waals surface area contributed by atoms with Gasteiger partial charge in [-0.3, -0.25) is 0 Å². The van der Waals surface area contributed by atoms with Crippen LogP contribution in [0.2, 0.25) is 0 Å². The molecule has 0 fully saturated rings. The first-order valence-corrected chi connectivity index (χ1v) is 7.80. The highest BCUT2D eigenvalue weighted by Gasteiger charge is 2.00.